The second-order valence-corrected chi connectivity index (χ2v) is 5.47. The predicted octanol–water partition coefficient (Wildman–Crippen LogP) is 1.86. The van der Waals surface area contributed by atoms with Crippen LogP contribution in [0, 0.1) is 0 Å². The van der Waals surface area contributed by atoms with Gasteiger partial charge in [-0.25, -0.2) is 0 Å². The lowest BCUT2D eigenvalue weighted by molar-refractivity contribution is 0.0514. The number of phenolic OH excluding ortho intramolecular Hbond substituents is 2. The topological polar surface area (TPSA) is 81.0 Å². The minimum absolute atomic E-state index is 0.0146. The Kier molecular flexibility index (Phi) is 4.49. The summed E-state index contributed by atoms with van der Waals surface area (Å²) in [5, 5.41) is 28.5. The minimum Gasteiger partial charge on any atom is -0.508 e. The maximum absolute atomic E-state index is 12.5. The Morgan fingerprint density at radius 3 is 2.55 bits per heavy atom. The molecule has 20 heavy (non-hydrogen) atoms. The van der Waals surface area contributed by atoms with E-state index >= 15 is 0 Å². The molecule has 2 unspecified atom stereocenters. The van der Waals surface area contributed by atoms with Crippen LogP contribution in [0.3, 0.4) is 0 Å². The average molecular weight is 279 g/mol. The van der Waals surface area contributed by atoms with Gasteiger partial charge in [-0.2, -0.15) is 0 Å². The number of carbonyl (C=O) groups is 1. The van der Waals surface area contributed by atoms with Gasteiger partial charge in [-0.15, -0.1) is 0 Å². The normalized spacial score (nSPS) is 20.7. The largest absolute Gasteiger partial charge is 0.508 e. The summed E-state index contributed by atoms with van der Waals surface area (Å²) in [6, 6.07) is 3.92. The van der Waals surface area contributed by atoms with E-state index in [4.69, 9.17) is 0 Å². The lowest BCUT2D eigenvalue weighted by Crippen LogP contribution is -2.45. The zero-order chi connectivity index (χ0) is 14.7. The number of benzene rings is 1. The van der Waals surface area contributed by atoms with Crippen LogP contribution in [0.25, 0.3) is 0 Å². The molecule has 5 nitrogen and oxygen atoms in total. The van der Waals surface area contributed by atoms with Crippen molar-refractivity contribution in [3.05, 3.63) is 23.8 Å². The molecule has 3 N–H and O–H groups in total. The van der Waals surface area contributed by atoms with Crippen LogP contribution in [0.2, 0.25) is 0 Å². The highest BCUT2D eigenvalue weighted by Gasteiger charge is 2.28. The molecule has 2 atom stereocenters. The van der Waals surface area contributed by atoms with Gasteiger partial charge in [-0.3, -0.25) is 4.79 Å². The average Bonchev–Trinajstić information content (AvgIpc) is 2.36. The number of hydrogen-bond acceptors (Lipinski definition) is 4. The number of phenols is 2. The molecule has 0 saturated carbocycles. The van der Waals surface area contributed by atoms with Crippen molar-refractivity contribution in [2.24, 2.45) is 0 Å². The fraction of sp³-hybridized carbons (Fsp3) is 0.533. The van der Waals surface area contributed by atoms with Gasteiger partial charge in [0.05, 0.1) is 6.10 Å². The zero-order valence-corrected chi connectivity index (χ0v) is 11.6. The third-order valence-electron chi connectivity index (χ3n) is 3.65. The van der Waals surface area contributed by atoms with Crippen molar-refractivity contribution in [3.63, 3.8) is 0 Å². The summed E-state index contributed by atoms with van der Waals surface area (Å²) in [4.78, 5) is 14.3. The smallest absolute Gasteiger partial charge is 0.254 e. The van der Waals surface area contributed by atoms with Crippen molar-refractivity contribution < 1.29 is 20.1 Å². The van der Waals surface area contributed by atoms with Crippen LogP contribution in [-0.2, 0) is 0 Å². The first kappa shape index (κ1) is 14.7. The number of amides is 1. The molecule has 1 aliphatic heterocycles. The summed E-state index contributed by atoms with van der Waals surface area (Å²) in [5.41, 5.74) is 0.278. The summed E-state index contributed by atoms with van der Waals surface area (Å²) in [6.45, 7) is 2.37. The van der Waals surface area contributed by atoms with Gasteiger partial charge in [0.15, 0.2) is 0 Å². The second-order valence-electron chi connectivity index (χ2n) is 5.47. The van der Waals surface area contributed by atoms with Crippen molar-refractivity contribution in [1.82, 2.24) is 4.90 Å². The first-order chi connectivity index (χ1) is 9.47. The number of carbonyl (C=O) groups excluding carboxylic acids is 1. The van der Waals surface area contributed by atoms with Gasteiger partial charge in [-0.1, -0.05) is 0 Å². The lowest BCUT2D eigenvalue weighted by Gasteiger charge is -2.36. The van der Waals surface area contributed by atoms with Gasteiger partial charge in [-0.05, 0) is 44.7 Å². The van der Waals surface area contributed by atoms with Crippen LogP contribution in [-0.4, -0.2) is 44.8 Å². The van der Waals surface area contributed by atoms with Gasteiger partial charge in [0.1, 0.15) is 11.5 Å². The molecule has 1 aromatic carbocycles. The van der Waals surface area contributed by atoms with Crippen molar-refractivity contribution in [2.75, 3.05) is 6.54 Å². The molecular formula is C15H21NO4. The quantitative estimate of drug-likeness (QED) is 0.789. The lowest BCUT2D eigenvalue weighted by atomic mass is 9.96. The summed E-state index contributed by atoms with van der Waals surface area (Å²) < 4.78 is 0. The number of rotatable bonds is 3. The Labute approximate surface area is 118 Å². The standard InChI is InChI=1S/C15H21NO4/c1-10(17)6-12-4-2-3-5-16(12)15(20)11-7-13(18)9-14(19)8-11/h7-10,12,17-19H,2-6H2,1H3. The van der Waals surface area contributed by atoms with E-state index in [1.54, 1.807) is 11.8 Å². The second kappa shape index (κ2) is 6.13. The number of hydrogen-bond donors (Lipinski definition) is 3. The first-order valence-electron chi connectivity index (χ1n) is 6.99. The molecule has 1 fully saturated rings. The highest BCUT2D eigenvalue weighted by atomic mass is 16.3. The minimum atomic E-state index is -0.453. The van der Waals surface area contributed by atoms with E-state index in [0.29, 0.717) is 13.0 Å². The summed E-state index contributed by atoms with van der Waals surface area (Å²) in [5.74, 6) is -0.462. The molecule has 1 aromatic rings. The van der Waals surface area contributed by atoms with Crippen LogP contribution in [0.4, 0.5) is 0 Å². The van der Waals surface area contributed by atoms with Gasteiger partial charge >= 0.3 is 0 Å². The number of aliphatic hydroxyl groups is 1. The van der Waals surface area contributed by atoms with Crippen LogP contribution in [0.5, 0.6) is 11.5 Å². The number of likely N-dealkylation sites (tertiary alicyclic amines) is 1. The highest BCUT2D eigenvalue weighted by molar-refractivity contribution is 5.95. The predicted molar refractivity (Wildman–Crippen MR) is 74.7 cm³/mol. The molecule has 2 rings (SSSR count). The van der Waals surface area contributed by atoms with E-state index in [0.717, 1.165) is 19.3 Å². The van der Waals surface area contributed by atoms with Crippen molar-refractivity contribution in [3.8, 4) is 11.5 Å². The third kappa shape index (κ3) is 3.42. The third-order valence-corrected chi connectivity index (χ3v) is 3.65. The van der Waals surface area contributed by atoms with Gasteiger partial charge in [0, 0.05) is 24.2 Å². The van der Waals surface area contributed by atoms with Crippen LogP contribution < -0.4 is 0 Å². The fourth-order valence-corrected chi connectivity index (χ4v) is 2.79. The molecule has 0 aromatic heterocycles. The molecule has 0 aliphatic carbocycles. The van der Waals surface area contributed by atoms with Crippen LogP contribution in [0.1, 0.15) is 43.0 Å². The summed E-state index contributed by atoms with van der Waals surface area (Å²) in [6.07, 6.45) is 2.96. The number of aromatic hydroxyl groups is 2. The van der Waals surface area contributed by atoms with Crippen molar-refractivity contribution in [1.29, 1.82) is 0 Å². The molecule has 5 heteroatoms. The van der Waals surface area contributed by atoms with E-state index in [9.17, 15) is 20.1 Å². The molecule has 0 bridgehead atoms. The first-order valence-corrected chi connectivity index (χ1v) is 6.99. The molecule has 1 heterocycles. The molecule has 110 valence electrons. The number of piperidine rings is 1. The maximum atomic E-state index is 12.5. The SMILES string of the molecule is CC(O)CC1CCCCN1C(=O)c1cc(O)cc(O)c1. The van der Waals surface area contributed by atoms with E-state index < -0.39 is 6.10 Å². The van der Waals surface area contributed by atoms with E-state index in [1.165, 1.54) is 18.2 Å². The monoisotopic (exact) mass is 279 g/mol. The molecular weight excluding hydrogens is 258 g/mol. The van der Waals surface area contributed by atoms with Crippen molar-refractivity contribution >= 4 is 5.91 Å². The van der Waals surface area contributed by atoms with Crippen molar-refractivity contribution in [2.45, 2.75) is 44.8 Å². The summed E-state index contributed by atoms with van der Waals surface area (Å²) in [7, 11) is 0. The molecule has 0 radical (unpaired) electrons. The Bertz CT molecular complexity index is 467. The molecule has 1 saturated heterocycles. The van der Waals surface area contributed by atoms with E-state index in [-0.39, 0.29) is 29.0 Å². The van der Waals surface area contributed by atoms with Gasteiger partial charge in [0.2, 0.25) is 0 Å². The van der Waals surface area contributed by atoms with E-state index in [1.807, 2.05) is 0 Å². The summed E-state index contributed by atoms with van der Waals surface area (Å²) >= 11 is 0. The number of nitrogens with zero attached hydrogens (tertiary/aromatic N) is 1. The van der Waals surface area contributed by atoms with Gasteiger partial charge in [0.25, 0.3) is 5.91 Å². The van der Waals surface area contributed by atoms with Crippen LogP contribution in [0.15, 0.2) is 18.2 Å². The Hall–Kier alpha value is -1.75. The highest BCUT2D eigenvalue weighted by Crippen LogP contribution is 2.26. The zero-order valence-electron chi connectivity index (χ0n) is 11.6. The van der Waals surface area contributed by atoms with E-state index in [2.05, 4.69) is 0 Å². The number of aliphatic hydroxyl groups excluding tert-OH is 1. The Balaban J connectivity index is 2.20. The Morgan fingerprint density at radius 2 is 1.95 bits per heavy atom. The van der Waals surface area contributed by atoms with Gasteiger partial charge < -0.3 is 20.2 Å². The fourth-order valence-electron chi connectivity index (χ4n) is 2.79. The molecule has 1 aliphatic rings. The molecule has 0 spiro atoms. The van der Waals surface area contributed by atoms with Crippen LogP contribution >= 0.6 is 0 Å². The molecule has 1 amide bonds. The maximum Gasteiger partial charge on any atom is 0.254 e. The Morgan fingerprint density at radius 1 is 1.30 bits per heavy atom.